The molecule has 1 fully saturated rings. The lowest BCUT2D eigenvalue weighted by Gasteiger charge is -2.09. The van der Waals surface area contributed by atoms with Gasteiger partial charge in [0.25, 0.3) is 11.1 Å². The minimum Gasteiger partial charge on any atom is -0.481 e. The summed E-state index contributed by atoms with van der Waals surface area (Å²) in [5.41, 5.74) is 0.541. The van der Waals surface area contributed by atoms with Gasteiger partial charge >= 0.3 is 5.97 Å². The smallest absolute Gasteiger partial charge is 0.343 e. The first-order valence-corrected chi connectivity index (χ1v) is 8.25. The van der Waals surface area contributed by atoms with Crippen LogP contribution >= 0.6 is 27.7 Å². The number of rotatable bonds is 5. The molecule has 0 unspecified atom stereocenters. The van der Waals surface area contributed by atoms with Gasteiger partial charge in [-0.25, -0.2) is 4.79 Å². The van der Waals surface area contributed by atoms with E-state index in [-0.39, 0.29) is 18.1 Å². The maximum absolute atomic E-state index is 12.2. The van der Waals surface area contributed by atoms with Crippen LogP contribution in [0.2, 0.25) is 0 Å². The second kappa shape index (κ2) is 8.04. The lowest BCUT2D eigenvalue weighted by molar-refractivity contribution is -0.142. The van der Waals surface area contributed by atoms with Gasteiger partial charge in [-0.05, 0) is 36.0 Å². The third kappa shape index (κ3) is 4.19. The molecule has 0 aromatic heterocycles. The van der Waals surface area contributed by atoms with Gasteiger partial charge in [-0.1, -0.05) is 21.9 Å². The third-order valence-electron chi connectivity index (χ3n) is 2.95. The number of hydrogen-bond acceptors (Lipinski definition) is 6. The van der Waals surface area contributed by atoms with Crippen molar-refractivity contribution in [2.75, 3.05) is 20.3 Å². The highest BCUT2D eigenvalue weighted by molar-refractivity contribution is 9.10. The van der Waals surface area contributed by atoms with Crippen molar-refractivity contribution >= 4 is 50.9 Å². The number of thioether (sulfide) groups is 1. The molecule has 1 aliphatic heterocycles. The summed E-state index contributed by atoms with van der Waals surface area (Å²) < 4.78 is 10.7. The Balaban J connectivity index is 2.30. The third-order valence-corrected chi connectivity index (χ3v) is 4.36. The van der Waals surface area contributed by atoms with E-state index in [0.29, 0.717) is 11.3 Å². The van der Waals surface area contributed by atoms with Crippen molar-refractivity contribution < 1.29 is 23.9 Å². The van der Waals surface area contributed by atoms with Gasteiger partial charge in [-0.3, -0.25) is 14.5 Å². The maximum atomic E-state index is 12.2. The Morgan fingerprint density at radius 2 is 2.21 bits per heavy atom. The van der Waals surface area contributed by atoms with E-state index in [0.717, 1.165) is 21.1 Å². The van der Waals surface area contributed by atoms with Crippen LogP contribution in [0.3, 0.4) is 0 Å². The molecule has 0 atom stereocenters. The molecule has 0 N–H and O–H groups in total. The summed E-state index contributed by atoms with van der Waals surface area (Å²) in [5.74, 6) is 1.67. The second-order valence-corrected chi connectivity index (χ2v) is 6.43. The van der Waals surface area contributed by atoms with Crippen molar-refractivity contribution in [2.24, 2.45) is 0 Å². The number of halogens is 1. The topological polar surface area (TPSA) is 72.9 Å². The molecule has 0 bridgehead atoms. The van der Waals surface area contributed by atoms with Crippen LogP contribution in [0, 0.1) is 12.3 Å². The lowest BCUT2D eigenvalue weighted by atomic mass is 10.2. The zero-order valence-electron chi connectivity index (χ0n) is 12.6. The van der Waals surface area contributed by atoms with Gasteiger partial charge < -0.3 is 9.47 Å². The Labute approximate surface area is 151 Å². The number of carbonyl (C=O) groups is 3. The molecule has 1 heterocycles. The predicted molar refractivity (Wildman–Crippen MR) is 93.2 cm³/mol. The van der Waals surface area contributed by atoms with Crippen LogP contribution in [0.25, 0.3) is 6.08 Å². The van der Waals surface area contributed by atoms with Gasteiger partial charge in [0, 0.05) is 10.0 Å². The van der Waals surface area contributed by atoms with Crippen molar-refractivity contribution in [3.8, 4) is 18.1 Å². The second-order valence-electron chi connectivity index (χ2n) is 4.52. The van der Waals surface area contributed by atoms with E-state index in [9.17, 15) is 14.4 Å². The summed E-state index contributed by atoms with van der Waals surface area (Å²) in [7, 11) is 1.26. The summed E-state index contributed by atoms with van der Waals surface area (Å²) in [4.78, 5) is 36.5. The van der Waals surface area contributed by atoms with Crippen LogP contribution in [-0.2, 0) is 14.3 Å². The minimum atomic E-state index is -0.529. The predicted octanol–water partition coefficient (Wildman–Crippen LogP) is 2.67. The van der Waals surface area contributed by atoms with Crippen molar-refractivity contribution in [1.29, 1.82) is 0 Å². The zero-order valence-corrected chi connectivity index (χ0v) is 15.0. The number of nitrogens with zero attached hydrogens (tertiary/aromatic N) is 1. The molecule has 6 nitrogen and oxygen atoms in total. The Morgan fingerprint density at radius 3 is 2.88 bits per heavy atom. The minimum absolute atomic E-state index is 0.0772. The molecule has 1 aliphatic rings. The highest BCUT2D eigenvalue weighted by Gasteiger charge is 2.34. The Hall–Kier alpha value is -2.24. The molecule has 2 rings (SSSR count). The van der Waals surface area contributed by atoms with Crippen molar-refractivity contribution in [2.45, 2.75) is 0 Å². The van der Waals surface area contributed by atoms with E-state index in [1.54, 1.807) is 18.2 Å². The van der Waals surface area contributed by atoms with Crippen LogP contribution in [0.5, 0.6) is 5.75 Å². The van der Waals surface area contributed by atoms with Gasteiger partial charge in [-0.2, -0.15) is 0 Å². The number of imide groups is 1. The molecule has 1 saturated heterocycles. The fourth-order valence-electron chi connectivity index (χ4n) is 1.83. The standard InChI is InChI=1S/C16H12BrNO5S/c1-3-6-18-15(20)13(24-16(18)21)8-10-7-11(17)4-5-12(10)23-9-14(19)22-2/h1,4-5,7-8H,6,9H2,2H3/b13-8+. The highest BCUT2D eigenvalue weighted by atomic mass is 79.9. The number of esters is 1. The first-order valence-electron chi connectivity index (χ1n) is 6.64. The Bertz CT molecular complexity index is 768. The van der Waals surface area contributed by atoms with E-state index in [1.165, 1.54) is 13.2 Å². The molecular weight excluding hydrogens is 398 g/mol. The average molecular weight is 410 g/mol. The number of methoxy groups -OCH3 is 1. The monoisotopic (exact) mass is 409 g/mol. The molecule has 0 radical (unpaired) electrons. The van der Waals surface area contributed by atoms with Gasteiger partial charge in [0.1, 0.15) is 5.75 Å². The quantitative estimate of drug-likeness (QED) is 0.422. The van der Waals surface area contributed by atoms with Crippen molar-refractivity contribution in [1.82, 2.24) is 4.90 Å². The molecule has 1 aromatic carbocycles. The number of terminal acetylenes is 1. The molecular formula is C16H12BrNO5S. The molecule has 24 heavy (non-hydrogen) atoms. The number of carbonyl (C=O) groups excluding carboxylic acids is 3. The molecule has 1 aromatic rings. The van der Waals surface area contributed by atoms with E-state index in [2.05, 4.69) is 26.6 Å². The fraction of sp³-hybridized carbons (Fsp3) is 0.188. The van der Waals surface area contributed by atoms with E-state index < -0.39 is 17.1 Å². The molecule has 8 heteroatoms. The SMILES string of the molecule is C#CCN1C(=O)S/C(=C/c2cc(Br)ccc2OCC(=O)OC)C1=O. The lowest BCUT2D eigenvalue weighted by Crippen LogP contribution is -2.28. The number of amides is 2. The van der Waals surface area contributed by atoms with Gasteiger partial charge in [0.2, 0.25) is 0 Å². The first-order chi connectivity index (χ1) is 11.5. The molecule has 124 valence electrons. The summed E-state index contributed by atoms with van der Waals surface area (Å²) >= 11 is 4.13. The summed E-state index contributed by atoms with van der Waals surface area (Å²) in [6.45, 7) is -0.344. The summed E-state index contributed by atoms with van der Waals surface area (Å²) in [6.07, 6.45) is 6.69. The Kier molecular flexibility index (Phi) is 6.06. The van der Waals surface area contributed by atoms with Crippen LogP contribution in [0.1, 0.15) is 5.56 Å². The van der Waals surface area contributed by atoms with Crippen LogP contribution < -0.4 is 4.74 Å². The first kappa shape index (κ1) is 18.1. The molecule has 0 aliphatic carbocycles. The van der Waals surface area contributed by atoms with Crippen molar-refractivity contribution in [3.63, 3.8) is 0 Å². The van der Waals surface area contributed by atoms with Crippen LogP contribution in [0.4, 0.5) is 4.79 Å². The van der Waals surface area contributed by atoms with Crippen LogP contribution in [0.15, 0.2) is 27.6 Å². The van der Waals surface area contributed by atoms with Gasteiger partial charge in [0.15, 0.2) is 6.61 Å². The van der Waals surface area contributed by atoms with Gasteiger partial charge in [-0.15, -0.1) is 6.42 Å². The van der Waals surface area contributed by atoms with E-state index >= 15 is 0 Å². The zero-order chi connectivity index (χ0) is 17.7. The number of hydrogen-bond donors (Lipinski definition) is 0. The maximum Gasteiger partial charge on any atom is 0.343 e. The van der Waals surface area contributed by atoms with Crippen molar-refractivity contribution in [3.05, 3.63) is 33.1 Å². The summed E-state index contributed by atoms with van der Waals surface area (Å²) in [5, 5.41) is -0.420. The summed E-state index contributed by atoms with van der Waals surface area (Å²) in [6, 6.07) is 5.08. The highest BCUT2D eigenvalue weighted by Crippen LogP contribution is 2.34. The number of benzene rings is 1. The Morgan fingerprint density at radius 1 is 1.46 bits per heavy atom. The van der Waals surface area contributed by atoms with Crippen LogP contribution in [-0.4, -0.2) is 42.3 Å². The van der Waals surface area contributed by atoms with Gasteiger partial charge in [0.05, 0.1) is 18.6 Å². The number of ether oxygens (including phenoxy) is 2. The molecule has 0 saturated carbocycles. The van der Waals surface area contributed by atoms with E-state index in [4.69, 9.17) is 11.2 Å². The molecule has 0 spiro atoms. The largest absolute Gasteiger partial charge is 0.481 e. The molecule has 2 amide bonds. The normalized spacial score (nSPS) is 15.5. The fourth-order valence-corrected chi connectivity index (χ4v) is 3.04. The van der Waals surface area contributed by atoms with E-state index in [1.807, 2.05) is 0 Å². The average Bonchev–Trinajstić information content (AvgIpc) is 2.81.